The average Bonchev–Trinajstić information content (AvgIpc) is 2.21. The maximum atomic E-state index is 12.8. The van der Waals surface area contributed by atoms with E-state index in [9.17, 15) is 18.0 Å². The van der Waals surface area contributed by atoms with E-state index in [4.69, 9.17) is 5.73 Å². The number of carbonyl (C=O) groups excluding carboxylic acids is 1. The number of rotatable bonds is 5. The van der Waals surface area contributed by atoms with Crippen molar-refractivity contribution < 1.29 is 22.7 Å². The third kappa shape index (κ3) is 4.31. The third-order valence-corrected chi connectivity index (χ3v) is 1.81. The molecule has 0 saturated heterocycles. The van der Waals surface area contributed by atoms with Crippen LogP contribution >= 0.6 is 0 Å². The van der Waals surface area contributed by atoms with Gasteiger partial charge in [-0.15, -0.1) is 0 Å². The molecule has 1 aromatic carbocycles. The predicted octanol–water partition coefficient (Wildman–Crippen LogP) is 1.71. The SMILES string of the molecule is NCCC(=O)Nc1ccc(F)cc1OC(F)F. The van der Waals surface area contributed by atoms with Crippen LogP contribution < -0.4 is 15.8 Å². The minimum Gasteiger partial charge on any atom is -0.432 e. The highest BCUT2D eigenvalue weighted by molar-refractivity contribution is 5.92. The van der Waals surface area contributed by atoms with Gasteiger partial charge >= 0.3 is 6.61 Å². The van der Waals surface area contributed by atoms with E-state index in [-0.39, 0.29) is 18.7 Å². The highest BCUT2D eigenvalue weighted by Crippen LogP contribution is 2.27. The van der Waals surface area contributed by atoms with E-state index in [0.29, 0.717) is 0 Å². The van der Waals surface area contributed by atoms with Crippen molar-refractivity contribution in [2.45, 2.75) is 13.0 Å². The molecule has 4 nitrogen and oxygen atoms in total. The molecule has 7 heteroatoms. The summed E-state index contributed by atoms with van der Waals surface area (Å²) in [5.41, 5.74) is 5.13. The van der Waals surface area contributed by atoms with Crippen LogP contribution in [0.2, 0.25) is 0 Å². The van der Waals surface area contributed by atoms with Crippen LogP contribution in [0.25, 0.3) is 0 Å². The van der Waals surface area contributed by atoms with Crippen molar-refractivity contribution in [2.75, 3.05) is 11.9 Å². The average molecular weight is 248 g/mol. The highest BCUT2D eigenvalue weighted by atomic mass is 19.3. The minimum atomic E-state index is -3.10. The maximum absolute atomic E-state index is 12.8. The van der Waals surface area contributed by atoms with Crippen molar-refractivity contribution in [1.82, 2.24) is 0 Å². The van der Waals surface area contributed by atoms with Crippen molar-refractivity contribution in [1.29, 1.82) is 0 Å². The second kappa shape index (κ2) is 6.09. The Bertz CT molecular complexity index is 399. The van der Waals surface area contributed by atoms with Gasteiger partial charge in [-0.05, 0) is 12.1 Å². The van der Waals surface area contributed by atoms with Gasteiger partial charge in [-0.2, -0.15) is 8.78 Å². The summed E-state index contributed by atoms with van der Waals surface area (Å²) >= 11 is 0. The summed E-state index contributed by atoms with van der Waals surface area (Å²) in [6.45, 7) is -2.97. The number of anilines is 1. The van der Waals surface area contributed by atoms with Gasteiger partial charge in [0.05, 0.1) is 5.69 Å². The van der Waals surface area contributed by atoms with Gasteiger partial charge in [0, 0.05) is 19.0 Å². The number of ether oxygens (including phenoxy) is 1. The molecule has 3 N–H and O–H groups in total. The molecule has 0 radical (unpaired) electrons. The molecule has 0 aliphatic carbocycles. The number of halogens is 3. The van der Waals surface area contributed by atoms with E-state index < -0.39 is 24.1 Å². The molecule has 17 heavy (non-hydrogen) atoms. The fourth-order valence-electron chi connectivity index (χ4n) is 1.14. The molecule has 0 aliphatic heterocycles. The molecule has 0 aliphatic rings. The smallest absolute Gasteiger partial charge is 0.387 e. The van der Waals surface area contributed by atoms with E-state index in [0.717, 1.165) is 18.2 Å². The van der Waals surface area contributed by atoms with Crippen molar-refractivity contribution >= 4 is 11.6 Å². The van der Waals surface area contributed by atoms with Crippen LogP contribution in [0.5, 0.6) is 5.75 Å². The topological polar surface area (TPSA) is 64.4 Å². The van der Waals surface area contributed by atoms with E-state index in [1.807, 2.05) is 0 Å². The number of benzene rings is 1. The summed E-state index contributed by atoms with van der Waals surface area (Å²) in [6, 6.07) is 2.93. The summed E-state index contributed by atoms with van der Waals surface area (Å²) in [5, 5.41) is 2.30. The van der Waals surface area contributed by atoms with Gasteiger partial charge in [0.25, 0.3) is 0 Å². The molecule has 0 unspecified atom stereocenters. The summed E-state index contributed by atoms with van der Waals surface area (Å²) in [4.78, 5) is 11.2. The molecule has 0 bridgehead atoms. The number of carbonyl (C=O) groups is 1. The number of alkyl halides is 2. The van der Waals surface area contributed by atoms with Gasteiger partial charge in [-0.1, -0.05) is 0 Å². The maximum Gasteiger partial charge on any atom is 0.387 e. The Morgan fingerprint density at radius 1 is 1.47 bits per heavy atom. The molecule has 94 valence electrons. The van der Waals surface area contributed by atoms with Crippen molar-refractivity contribution in [3.05, 3.63) is 24.0 Å². The second-order valence-corrected chi connectivity index (χ2v) is 3.11. The molecular weight excluding hydrogens is 237 g/mol. The molecule has 0 saturated carbocycles. The van der Waals surface area contributed by atoms with Crippen LogP contribution in [0.3, 0.4) is 0 Å². The molecule has 0 spiro atoms. The van der Waals surface area contributed by atoms with Gasteiger partial charge in [0.1, 0.15) is 5.82 Å². The quantitative estimate of drug-likeness (QED) is 0.833. The zero-order chi connectivity index (χ0) is 12.8. The molecule has 1 aromatic rings. The molecule has 0 aromatic heterocycles. The van der Waals surface area contributed by atoms with Crippen molar-refractivity contribution in [3.63, 3.8) is 0 Å². The van der Waals surface area contributed by atoms with Crippen LogP contribution in [-0.4, -0.2) is 19.1 Å². The molecular formula is C10H11F3N2O2. The Labute approximate surface area is 95.6 Å². The Morgan fingerprint density at radius 2 is 2.18 bits per heavy atom. The van der Waals surface area contributed by atoms with E-state index in [1.165, 1.54) is 0 Å². The van der Waals surface area contributed by atoms with Gasteiger partial charge in [-0.25, -0.2) is 4.39 Å². The Balaban J connectivity index is 2.86. The van der Waals surface area contributed by atoms with Crippen molar-refractivity contribution in [2.24, 2.45) is 5.73 Å². The van der Waals surface area contributed by atoms with Gasteiger partial charge in [-0.3, -0.25) is 4.79 Å². The molecule has 1 rings (SSSR count). The Hall–Kier alpha value is -1.76. The zero-order valence-corrected chi connectivity index (χ0v) is 8.75. The minimum absolute atomic E-state index is 0.0230. The van der Waals surface area contributed by atoms with Crippen LogP contribution in [-0.2, 0) is 4.79 Å². The normalized spacial score (nSPS) is 10.4. The van der Waals surface area contributed by atoms with Gasteiger partial charge < -0.3 is 15.8 Å². The fourth-order valence-corrected chi connectivity index (χ4v) is 1.14. The van der Waals surface area contributed by atoms with E-state index >= 15 is 0 Å². The largest absolute Gasteiger partial charge is 0.432 e. The lowest BCUT2D eigenvalue weighted by Gasteiger charge is -2.11. The highest BCUT2D eigenvalue weighted by Gasteiger charge is 2.12. The van der Waals surface area contributed by atoms with Crippen LogP contribution in [0, 0.1) is 5.82 Å². The first-order valence-electron chi connectivity index (χ1n) is 4.77. The molecule has 0 atom stereocenters. The fraction of sp³-hybridized carbons (Fsp3) is 0.300. The molecule has 0 heterocycles. The van der Waals surface area contributed by atoms with Crippen molar-refractivity contribution in [3.8, 4) is 5.75 Å². The van der Waals surface area contributed by atoms with Crippen LogP contribution in [0.15, 0.2) is 18.2 Å². The summed E-state index contributed by atoms with van der Waals surface area (Å²) in [5.74, 6) is -1.62. The number of amides is 1. The van der Waals surface area contributed by atoms with Crippen LogP contribution in [0.4, 0.5) is 18.9 Å². The third-order valence-electron chi connectivity index (χ3n) is 1.81. The number of nitrogens with two attached hydrogens (primary N) is 1. The van der Waals surface area contributed by atoms with Gasteiger partial charge in [0.2, 0.25) is 5.91 Å². The Kier molecular flexibility index (Phi) is 4.77. The first kappa shape index (κ1) is 13.3. The lowest BCUT2D eigenvalue weighted by Crippen LogP contribution is -2.17. The monoisotopic (exact) mass is 248 g/mol. The van der Waals surface area contributed by atoms with Crippen LogP contribution in [0.1, 0.15) is 6.42 Å². The molecule has 1 amide bonds. The molecule has 0 fully saturated rings. The lowest BCUT2D eigenvalue weighted by molar-refractivity contribution is -0.116. The van der Waals surface area contributed by atoms with E-state index in [1.54, 1.807) is 0 Å². The standard InChI is InChI=1S/C10H11F3N2O2/c11-6-1-2-7(15-9(16)3-4-14)8(5-6)17-10(12)13/h1-2,5,10H,3-4,14H2,(H,15,16). The predicted molar refractivity (Wildman–Crippen MR) is 55.3 cm³/mol. The summed E-state index contributed by atoms with van der Waals surface area (Å²) in [7, 11) is 0. The number of nitrogens with one attached hydrogen (secondary N) is 1. The van der Waals surface area contributed by atoms with E-state index in [2.05, 4.69) is 10.1 Å². The summed E-state index contributed by atoms with van der Waals surface area (Å²) in [6.07, 6.45) is 0.0332. The summed E-state index contributed by atoms with van der Waals surface area (Å²) < 4.78 is 41.0. The first-order valence-corrected chi connectivity index (χ1v) is 4.77. The number of hydrogen-bond donors (Lipinski definition) is 2. The number of hydrogen-bond acceptors (Lipinski definition) is 3. The first-order chi connectivity index (χ1) is 8.02. The zero-order valence-electron chi connectivity index (χ0n) is 8.75. The van der Waals surface area contributed by atoms with Gasteiger partial charge in [0.15, 0.2) is 5.75 Å². The lowest BCUT2D eigenvalue weighted by atomic mass is 10.2. The second-order valence-electron chi connectivity index (χ2n) is 3.11. The Morgan fingerprint density at radius 3 is 2.76 bits per heavy atom.